The first kappa shape index (κ1) is 13.6. The Balaban J connectivity index is 2.41. The third kappa shape index (κ3) is 2.48. The van der Waals surface area contributed by atoms with Gasteiger partial charge in [-0.2, -0.15) is 16.1 Å². The first-order valence-corrected chi connectivity index (χ1v) is 8.38. The molecule has 0 saturated carbocycles. The molecule has 1 fully saturated rings. The summed E-state index contributed by atoms with van der Waals surface area (Å²) in [5.74, 6) is 1.69. The summed E-state index contributed by atoms with van der Waals surface area (Å²) in [6.45, 7) is 2.51. The molecule has 1 atom stereocenters. The number of pyridine rings is 1. The van der Waals surface area contributed by atoms with Crippen molar-refractivity contribution in [2.24, 2.45) is 0 Å². The molecule has 0 radical (unpaired) electrons. The molecular formula is C11H17N3O2S2. The van der Waals surface area contributed by atoms with Crippen LogP contribution in [0.5, 0.6) is 0 Å². The van der Waals surface area contributed by atoms with E-state index >= 15 is 0 Å². The van der Waals surface area contributed by atoms with Crippen LogP contribution in [0.1, 0.15) is 6.92 Å². The molecule has 1 N–H and O–H groups in total. The van der Waals surface area contributed by atoms with Crippen LogP contribution in [0.3, 0.4) is 0 Å². The second-order valence-corrected chi connectivity index (χ2v) is 7.17. The van der Waals surface area contributed by atoms with Crippen LogP contribution < -0.4 is 5.32 Å². The van der Waals surface area contributed by atoms with Gasteiger partial charge in [-0.25, -0.2) is 8.42 Å². The molecule has 2 heterocycles. The molecule has 1 unspecified atom stereocenters. The Morgan fingerprint density at radius 2 is 2.33 bits per heavy atom. The fraction of sp³-hybridized carbons (Fsp3) is 0.545. The number of anilines is 1. The first-order chi connectivity index (χ1) is 8.57. The third-order valence-electron chi connectivity index (χ3n) is 2.95. The molecule has 5 nitrogen and oxygen atoms in total. The van der Waals surface area contributed by atoms with Crippen LogP contribution in [-0.4, -0.2) is 48.8 Å². The van der Waals surface area contributed by atoms with E-state index in [0.29, 0.717) is 12.2 Å². The number of hydrogen-bond acceptors (Lipinski definition) is 5. The van der Waals surface area contributed by atoms with Gasteiger partial charge in [0.2, 0.25) is 10.0 Å². The van der Waals surface area contributed by atoms with E-state index in [1.165, 1.54) is 6.20 Å². The van der Waals surface area contributed by atoms with Crippen LogP contribution in [0.25, 0.3) is 0 Å². The summed E-state index contributed by atoms with van der Waals surface area (Å²) < 4.78 is 26.8. The maximum absolute atomic E-state index is 12.6. The largest absolute Gasteiger partial charge is 0.387 e. The molecular weight excluding hydrogens is 270 g/mol. The number of thioether (sulfide) groups is 1. The first-order valence-electron chi connectivity index (χ1n) is 5.78. The smallest absolute Gasteiger partial charge is 0.246 e. The maximum atomic E-state index is 12.6. The van der Waals surface area contributed by atoms with Gasteiger partial charge in [0.15, 0.2) is 0 Å². The van der Waals surface area contributed by atoms with Gasteiger partial charge in [-0.1, -0.05) is 0 Å². The predicted octanol–water partition coefficient (Wildman–Crippen LogP) is 1.25. The van der Waals surface area contributed by atoms with Gasteiger partial charge in [-0.3, -0.25) is 4.98 Å². The molecule has 0 aliphatic carbocycles. The minimum absolute atomic E-state index is 0.0265. The summed E-state index contributed by atoms with van der Waals surface area (Å²) in [6, 6.07) is 1.70. The van der Waals surface area contributed by atoms with Gasteiger partial charge in [-0.15, -0.1) is 0 Å². The van der Waals surface area contributed by atoms with Crippen molar-refractivity contribution in [3.63, 3.8) is 0 Å². The average Bonchev–Trinajstić information content (AvgIpc) is 2.39. The zero-order chi connectivity index (χ0) is 13.2. The van der Waals surface area contributed by atoms with Gasteiger partial charge in [0.05, 0.1) is 5.69 Å². The van der Waals surface area contributed by atoms with E-state index in [1.54, 1.807) is 35.4 Å². The third-order valence-corrected chi connectivity index (χ3v) is 6.18. The minimum atomic E-state index is -3.46. The van der Waals surface area contributed by atoms with Gasteiger partial charge in [0.25, 0.3) is 0 Å². The van der Waals surface area contributed by atoms with E-state index < -0.39 is 10.0 Å². The predicted molar refractivity (Wildman–Crippen MR) is 74.5 cm³/mol. The number of nitrogens with one attached hydrogen (secondary N) is 1. The fourth-order valence-corrected chi connectivity index (χ4v) is 4.99. The Morgan fingerprint density at radius 1 is 1.56 bits per heavy atom. The quantitative estimate of drug-likeness (QED) is 0.906. The number of sulfonamides is 1. The lowest BCUT2D eigenvalue weighted by atomic mass is 10.4. The summed E-state index contributed by atoms with van der Waals surface area (Å²) in [5.41, 5.74) is 0.593. The summed E-state index contributed by atoms with van der Waals surface area (Å²) in [7, 11) is -1.75. The lowest BCUT2D eigenvalue weighted by Gasteiger charge is -2.32. The number of hydrogen-bond donors (Lipinski definition) is 1. The SMILES string of the molecule is CNc1ccncc1S(=O)(=O)N1CCSCC1C. The van der Waals surface area contributed by atoms with Crippen molar-refractivity contribution in [2.75, 3.05) is 30.4 Å². The van der Waals surface area contributed by atoms with Crippen LogP contribution in [-0.2, 0) is 10.0 Å². The van der Waals surface area contributed by atoms with E-state index in [4.69, 9.17) is 0 Å². The molecule has 1 saturated heterocycles. The lowest BCUT2D eigenvalue weighted by molar-refractivity contribution is 0.367. The van der Waals surface area contributed by atoms with Gasteiger partial charge in [0, 0.05) is 43.5 Å². The Hall–Kier alpha value is -0.790. The Morgan fingerprint density at radius 3 is 3.00 bits per heavy atom. The van der Waals surface area contributed by atoms with E-state index in [2.05, 4.69) is 10.3 Å². The van der Waals surface area contributed by atoms with Crippen LogP contribution >= 0.6 is 11.8 Å². The Kier molecular flexibility index (Phi) is 4.14. The van der Waals surface area contributed by atoms with Crippen molar-refractivity contribution >= 4 is 27.5 Å². The molecule has 0 aromatic carbocycles. The van der Waals surface area contributed by atoms with Gasteiger partial charge >= 0.3 is 0 Å². The van der Waals surface area contributed by atoms with Crippen LogP contribution in [0, 0.1) is 0 Å². The molecule has 18 heavy (non-hydrogen) atoms. The number of aromatic nitrogens is 1. The van der Waals surface area contributed by atoms with E-state index in [-0.39, 0.29) is 10.9 Å². The summed E-state index contributed by atoms with van der Waals surface area (Å²) >= 11 is 1.79. The van der Waals surface area contributed by atoms with Crippen LogP contribution in [0.2, 0.25) is 0 Å². The topological polar surface area (TPSA) is 62.3 Å². The average molecular weight is 287 g/mol. The van der Waals surface area contributed by atoms with Crippen molar-refractivity contribution in [3.8, 4) is 0 Å². The summed E-state index contributed by atoms with van der Waals surface area (Å²) in [4.78, 5) is 4.18. The second kappa shape index (κ2) is 5.46. The Labute approximate surface area is 112 Å². The molecule has 7 heteroatoms. The Bertz CT molecular complexity index is 519. The highest BCUT2D eigenvalue weighted by Gasteiger charge is 2.32. The standard InChI is InChI=1S/C11H17N3O2S2/c1-9-8-17-6-5-14(9)18(15,16)11-7-13-4-3-10(11)12-2/h3-4,7,9H,5-6,8H2,1-2H3,(H,12,13). The highest BCUT2D eigenvalue weighted by Crippen LogP contribution is 2.27. The zero-order valence-electron chi connectivity index (χ0n) is 10.5. The summed E-state index contributed by atoms with van der Waals surface area (Å²) in [6.07, 6.45) is 3.00. The summed E-state index contributed by atoms with van der Waals surface area (Å²) in [5, 5.41) is 2.90. The molecule has 2 rings (SSSR count). The molecule has 0 amide bonds. The van der Waals surface area contributed by atoms with Crippen molar-refractivity contribution in [1.82, 2.24) is 9.29 Å². The molecule has 1 aromatic heterocycles. The van der Waals surface area contributed by atoms with Crippen molar-refractivity contribution in [3.05, 3.63) is 18.5 Å². The van der Waals surface area contributed by atoms with Crippen LogP contribution in [0.15, 0.2) is 23.4 Å². The van der Waals surface area contributed by atoms with E-state index in [0.717, 1.165) is 11.5 Å². The van der Waals surface area contributed by atoms with Crippen molar-refractivity contribution in [2.45, 2.75) is 17.9 Å². The maximum Gasteiger partial charge on any atom is 0.246 e. The lowest BCUT2D eigenvalue weighted by Crippen LogP contribution is -2.44. The van der Waals surface area contributed by atoms with Gasteiger partial charge in [0.1, 0.15) is 4.90 Å². The fourth-order valence-electron chi connectivity index (χ4n) is 1.99. The monoisotopic (exact) mass is 287 g/mol. The normalized spacial score (nSPS) is 21.8. The molecule has 0 bridgehead atoms. The number of nitrogens with zero attached hydrogens (tertiary/aromatic N) is 2. The van der Waals surface area contributed by atoms with Crippen LogP contribution in [0.4, 0.5) is 5.69 Å². The molecule has 0 spiro atoms. The van der Waals surface area contributed by atoms with E-state index in [9.17, 15) is 8.42 Å². The molecule has 1 aliphatic rings. The van der Waals surface area contributed by atoms with E-state index in [1.807, 2.05) is 6.92 Å². The van der Waals surface area contributed by atoms with Crippen molar-refractivity contribution in [1.29, 1.82) is 0 Å². The highest BCUT2D eigenvalue weighted by atomic mass is 32.2. The minimum Gasteiger partial charge on any atom is -0.387 e. The van der Waals surface area contributed by atoms with Gasteiger partial charge in [-0.05, 0) is 13.0 Å². The molecule has 1 aliphatic heterocycles. The zero-order valence-corrected chi connectivity index (χ0v) is 12.1. The second-order valence-electron chi connectivity index (χ2n) is 4.16. The van der Waals surface area contributed by atoms with Crippen molar-refractivity contribution < 1.29 is 8.42 Å². The van der Waals surface area contributed by atoms with Gasteiger partial charge < -0.3 is 5.32 Å². The highest BCUT2D eigenvalue weighted by molar-refractivity contribution is 7.99. The number of rotatable bonds is 3. The molecule has 100 valence electrons. The molecule has 1 aromatic rings.